The minimum atomic E-state index is -0.784. The first-order chi connectivity index (χ1) is 30.1. The van der Waals surface area contributed by atoms with Gasteiger partial charge in [0.1, 0.15) is 6.61 Å². The van der Waals surface area contributed by atoms with Crippen molar-refractivity contribution in [3.05, 3.63) is 122 Å². The summed E-state index contributed by atoms with van der Waals surface area (Å²) < 4.78 is 10.6. The lowest BCUT2D eigenvalue weighted by Gasteiger charge is -2.15. The average Bonchev–Trinajstić information content (AvgIpc) is 3.26. The summed E-state index contributed by atoms with van der Waals surface area (Å²) in [6.07, 6.45) is 74.4. The van der Waals surface area contributed by atoms with Crippen molar-refractivity contribution in [1.29, 1.82) is 0 Å². The van der Waals surface area contributed by atoms with Crippen molar-refractivity contribution in [3.63, 3.8) is 0 Å². The molecule has 0 aliphatic carbocycles. The molecule has 1 atom stereocenters. The van der Waals surface area contributed by atoms with E-state index < -0.39 is 6.10 Å². The van der Waals surface area contributed by atoms with Crippen LogP contribution in [0, 0.1) is 0 Å². The smallest absolute Gasteiger partial charge is 0.306 e. The Labute approximate surface area is 375 Å². The lowest BCUT2D eigenvalue weighted by atomic mass is 10.1. The number of hydrogen-bond donors (Lipinski definition) is 1. The highest BCUT2D eigenvalue weighted by Crippen LogP contribution is 2.13. The number of aliphatic hydroxyl groups is 1. The topological polar surface area (TPSA) is 72.8 Å². The summed E-state index contributed by atoms with van der Waals surface area (Å²) in [4.78, 5) is 24.3. The fourth-order valence-electron chi connectivity index (χ4n) is 6.31. The fourth-order valence-corrected chi connectivity index (χ4v) is 6.31. The van der Waals surface area contributed by atoms with Crippen molar-refractivity contribution < 1.29 is 24.2 Å². The number of allylic oxidation sites excluding steroid dienone is 20. The molecule has 0 aromatic heterocycles. The number of unbranched alkanes of at least 4 members (excludes halogenated alkanes) is 15. The Bertz CT molecular complexity index is 1270. The Hall–Kier alpha value is -3.70. The van der Waals surface area contributed by atoms with Crippen LogP contribution in [0.1, 0.15) is 200 Å². The Morgan fingerprint density at radius 2 is 0.705 bits per heavy atom. The number of rotatable bonds is 43. The van der Waals surface area contributed by atoms with E-state index in [0.29, 0.717) is 12.8 Å². The van der Waals surface area contributed by atoms with Gasteiger partial charge in [-0.15, -0.1) is 0 Å². The number of carbonyl (C=O) groups excluding carboxylic acids is 2. The molecule has 5 heteroatoms. The zero-order valence-corrected chi connectivity index (χ0v) is 39.1. The van der Waals surface area contributed by atoms with Gasteiger partial charge in [-0.3, -0.25) is 9.59 Å². The van der Waals surface area contributed by atoms with Crippen LogP contribution in [0.4, 0.5) is 0 Å². The summed E-state index contributed by atoms with van der Waals surface area (Å²) in [6, 6.07) is 0. The van der Waals surface area contributed by atoms with Crippen molar-refractivity contribution >= 4 is 11.9 Å². The van der Waals surface area contributed by atoms with Crippen LogP contribution in [-0.4, -0.2) is 36.4 Å². The number of aliphatic hydroxyl groups excluding tert-OH is 1. The summed E-state index contributed by atoms with van der Waals surface area (Å²) in [5.41, 5.74) is 0. The lowest BCUT2D eigenvalue weighted by Crippen LogP contribution is -2.28. The zero-order chi connectivity index (χ0) is 44.2. The molecule has 344 valence electrons. The molecule has 0 aromatic carbocycles. The molecule has 1 unspecified atom stereocenters. The van der Waals surface area contributed by atoms with Crippen LogP contribution in [0.25, 0.3) is 0 Å². The van der Waals surface area contributed by atoms with Crippen LogP contribution in [0.3, 0.4) is 0 Å². The minimum absolute atomic E-state index is 0.0788. The third kappa shape index (κ3) is 48.8. The van der Waals surface area contributed by atoms with Gasteiger partial charge in [0, 0.05) is 12.8 Å². The van der Waals surface area contributed by atoms with E-state index in [2.05, 4.69) is 135 Å². The second-order valence-electron chi connectivity index (χ2n) is 15.8. The van der Waals surface area contributed by atoms with Gasteiger partial charge in [0.2, 0.25) is 0 Å². The molecule has 0 spiro atoms. The summed E-state index contributed by atoms with van der Waals surface area (Å²) in [6.45, 7) is 3.93. The number of ether oxygens (including phenoxy) is 2. The number of hydrogen-bond acceptors (Lipinski definition) is 5. The Morgan fingerprint density at radius 3 is 1.08 bits per heavy atom. The Morgan fingerprint density at radius 1 is 0.393 bits per heavy atom. The van der Waals surface area contributed by atoms with E-state index in [0.717, 1.165) is 116 Å². The molecule has 0 saturated carbocycles. The molecule has 0 rings (SSSR count). The van der Waals surface area contributed by atoms with E-state index in [1.165, 1.54) is 57.8 Å². The molecule has 0 aliphatic rings. The van der Waals surface area contributed by atoms with E-state index in [4.69, 9.17) is 9.47 Å². The van der Waals surface area contributed by atoms with Crippen molar-refractivity contribution in [1.82, 2.24) is 0 Å². The summed E-state index contributed by atoms with van der Waals surface area (Å²) >= 11 is 0. The second kappa shape index (κ2) is 50.7. The van der Waals surface area contributed by atoms with Crippen LogP contribution < -0.4 is 0 Å². The summed E-state index contributed by atoms with van der Waals surface area (Å²) in [5.74, 6) is -0.619. The standard InChI is InChI=1S/C56H90O5/c1-3-5-7-9-11-13-15-16-17-18-19-20-21-22-23-24-25-26-27-28-29-30-31-32-33-34-35-36-37-38-39-40-41-43-45-47-49-51-56(59)61-54(52-57)53-60-55(58)50-48-46-44-42-14-12-10-8-6-4-2/h5,7-8,10-11,13,16-17,19-20,22-23,25-26,28-29,31-32,34-35,54,57H,3-4,6,9,12,14-15,18,21,24,27,30,33,36-53H2,1-2H3/b7-5-,10-8-,13-11-,17-16-,20-19-,23-22-,26-25-,29-28-,32-31-,35-34-. The monoisotopic (exact) mass is 843 g/mol. The van der Waals surface area contributed by atoms with Crippen LogP contribution in [0.15, 0.2) is 122 Å². The van der Waals surface area contributed by atoms with Crippen molar-refractivity contribution in [2.75, 3.05) is 13.2 Å². The number of carbonyl (C=O) groups is 2. The first-order valence-electron chi connectivity index (χ1n) is 24.6. The van der Waals surface area contributed by atoms with Crippen molar-refractivity contribution in [2.24, 2.45) is 0 Å². The minimum Gasteiger partial charge on any atom is -0.462 e. The third-order valence-electron chi connectivity index (χ3n) is 9.97. The summed E-state index contributed by atoms with van der Waals surface area (Å²) in [5, 5.41) is 9.57. The Kier molecular flexibility index (Phi) is 47.6. The van der Waals surface area contributed by atoms with Crippen LogP contribution in [-0.2, 0) is 19.1 Å². The largest absolute Gasteiger partial charge is 0.462 e. The molecule has 1 N–H and O–H groups in total. The summed E-state index contributed by atoms with van der Waals surface area (Å²) in [7, 11) is 0. The van der Waals surface area contributed by atoms with Gasteiger partial charge >= 0.3 is 11.9 Å². The first kappa shape index (κ1) is 57.3. The molecule has 0 saturated heterocycles. The third-order valence-corrected chi connectivity index (χ3v) is 9.97. The molecule has 0 fully saturated rings. The van der Waals surface area contributed by atoms with E-state index in [1.54, 1.807) is 0 Å². The molecule has 0 aromatic rings. The molecule has 0 aliphatic heterocycles. The lowest BCUT2D eigenvalue weighted by molar-refractivity contribution is -0.161. The van der Waals surface area contributed by atoms with Crippen molar-refractivity contribution in [3.8, 4) is 0 Å². The zero-order valence-electron chi connectivity index (χ0n) is 39.1. The van der Waals surface area contributed by atoms with E-state index >= 15 is 0 Å². The molecule has 0 radical (unpaired) electrons. The maximum atomic E-state index is 12.2. The van der Waals surface area contributed by atoms with Gasteiger partial charge in [-0.05, 0) is 103 Å². The highest BCUT2D eigenvalue weighted by molar-refractivity contribution is 5.70. The predicted octanol–water partition coefficient (Wildman–Crippen LogP) is 16.3. The quantitative estimate of drug-likeness (QED) is 0.0376. The predicted molar refractivity (Wildman–Crippen MR) is 265 cm³/mol. The van der Waals surface area contributed by atoms with Gasteiger partial charge < -0.3 is 14.6 Å². The first-order valence-corrected chi connectivity index (χ1v) is 24.6. The average molecular weight is 843 g/mol. The molecular formula is C56H90O5. The highest BCUT2D eigenvalue weighted by Gasteiger charge is 2.16. The molecular weight excluding hydrogens is 753 g/mol. The van der Waals surface area contributed by atoms with Crippen LogP contribution in [0.5, 0.6) is 0 Å². The van der Waals surface area contributed by atoms with Gasteiger partial charge in [0.15, 0.2) is 6.10 Å². The second-order valence-corrected chi connectivity index (χ2v) is 15.8. The molecule has 61 heavy (non-hydrogen) atoms. The normalized spacial score (nSPS) is 13.3. The Balaban J connectivity index is 3.60. The molecule has 0 heterocycles. The fraction of sp³-hybridized carbons (Fsp3) is 0.607. The molecule has 0 bridgehead atoms. The maximum absolute atomic E-state index is 12.2. The van der Waals surface area contributed by atoms with Gasteiger partial charge in [-0.2, -0.15) is 0 Å². The molecule has 5 nitrogen and oxygen atoms in total. The van der Waals surface area contributed by atoms with E-state index in [-0.39, 0.29) is 25.2 Å². The van der Waals surface area contributed by atoms with Gasteiger partial charge in [-0.25, -0.2) is 0 Å². The number of esters is 2. The van der Waals surface area contributed by atoms with E-state index in [9.17, 15) is 14.7 Å². The maximum Gasteiger partial charge on any atom is 0.306 e. The van der Waals surface area contributed by atoms with Gasteiger partial charge in [0.05, 0.1) is 6.61 Å². The van der Waals surface area contributed by atoms with Crippen molar-refractivity contribution in [2.45, 2.75) is 206 Å². The van der Waals surface area contributed by atoms with Gasteiger partial charge in [-0.1, -0.05) is 206 Å². The highest BCUT2D eigenvalue weighted by atomic mass is 16.6. The SMILES string of the molecule is CC/C=C\C/C=C\C/C=C\C/C=C\C/C=C\C/C=C\C/C=C\C/C=C\C/C=C\CCCCCCCCCCCC(=O)OC(CO)COC(=O)CCCCCCC/C=C\CCC. The molecule has 0 amide bonds. The van der Waals surface area contributed by atoms with Gasteiger partial charge in [0.25, 0.3) is 0 Å². The van der Waals surface area contributed by atoms with Crippen LogP contribution in [0.2, 0.25) is 0 Å². The van der Waals surface area contributed by atoms with E-state index in [1.807, 2.05) is 0 Å². The van der Waals surface area contributed by atoms with Crippen LogP contribution >= 0.6 is 0 Å².